The van der Waals surface area contributed by atoms with E-state index in [1.165, 1.54) is 0 Å². The highest BCUT2D eigenvalue weighted by atomic mass is 79.9. The molecule has 2 aromatic carbocycles. The molecule has 2 aromatic rings. The van der Waals surface area contributed by atoms with Crippen molar-refractivity contribution in [2.45, 2.75) is 18.7 Å². The van der Waals surface area contributed by atoms with Crippen molar-refractivity contribution in [2.24, 2.45) is 0 Å². The fourth-order valence-corrected chi connectivity index (χ4v) is 3.82. The SMILES string of the molecule is Cc1ccc(S(=O)(=O)Nc2cc(Cl)ccc2Br)c(C)c1. The molecule has 0 fully saturated rings. The van der Waals surface area contributed by atoms with Gasteiger partial charge in [0.05, 0.1) is 10.6 Å². The lowest BCUT2D eigenvalue weighted by Crippen LogP contribution is -2.14. The summed E-state index contributed by atoms with van der Waals surface area (Å²) >= 11 is 9.19. The van der Waals surface area contributed by atoms with E-state index in [2.05, 4.69) is 20.7 Å². The highest BCUT2D eigenvalue weighted by molar-refractivity contribution is 9.10. The Morgan fingerprint density at radius 2 is 1.80 bits per heavy atom. The smallest absolute Gasteiger partial charge is 0.262 e. The Hall–Kier alpha value is -1.04. The van der Waals surface area contributed by atoms with Gasteiger partial charge in [0.2, 0.25) is 0 Å². The number of anilines is 1. The van der Waals surface area contributed by atoms with E-state index in [1.807, 2.05) is 13.0 Å². The first-order valence-corrected chi connectivity index (χ1v) is 8.50. The van der Waals surface area contributed by atoms with E-state index in [0.717, 1.165) is 5.56 Å². The van der Waals surface area contributed by atoms with Gasteiger partial charge >= 0.3 is 0 Å². The van der Waals surface area contributed by atoms with Gasteiger partial charge in [0.1, 0.15) is 0 Å². The zero-order valence-electron chi connectivity index (χ0n) is 10.9. The van der Waals surface area contributed by atoms with Crippen LogP contribution >= 0.6 is 27.5 Å². The van der Waals surface area contributed by atoms with Crippen molar-refractivity contribution in [1.82, 2.24) is 0 Å². The Morgan fingerprint density at radius 1 is 1.10 bits per heavy atom. The maximum Gasteiger partial charge on any atom is 0.262 e. The molecule has 0 saturated heterocycles. The molecule has 3 nitrogen and oxygen atoms in total. The van der Waals surface area contributed by atoms with E-state index in [9.17, 15) is 8.42 Å². The van der Waals surface area contributed by atoms with E-state index in [4.69, 9.17) is 11.6 Å². The molecule has 1 N–H and O–H groups in total. The molecular weight excluding hydrogens is 362 g/mol. The summed E-state index contributed by atoms with van der Waals surface area (Å²) < 4.78 is 28.0. The second kappa shape index (κ2) is 5.76. The standard InChI is InChI=1S/C14H13BrClNO2S/c1-9-3-6-14(10(2)7-9)20(18,19)17-13-8-11(16)4-5-12(13)15/h3-8,17H,1-2H3. The minimum Gasteiger partial charge on any atom is -0.278 e. The van der Waals surface area contributed by atoms with Gasteiger partial charge in [-0.15, -0.1) is 0 Å². The molecule has 0 atom stereocenters. The predicted octanol–water partition coefficient (Wildman–Crippen LogP) is 4.52. The molecule has 0 aliphatic heterocycles. The zero-order valence-corrected chi connectivity index (χ0v) is 14.1. The number of benzene rings is 2. The Kier molecular flexibility index (Phi) is 4.42. The summed E-state index contributed by atoms with van der Waals surface area (Å²) in [6.07, 6.45) is 0. The second-order valence-electron chi connectivity index (χ2n) is 4.50. The number of halogens is 2. The van der Waals surface area contributed by atoms with Gasteiger partial charge in [-0.2, -0.15) is 0 Å². The molecule has 0 spiro atoms. The van der Waals surface area contributed by atoms with Crippen LogP contribution < -0.4 is 4.72 Å². The molecule has 0 radical (unpaired) electrons. The van der Waals surface area contributed by atoms with Gasteiger partial charge in [-0.1, -0.05) is 29.3 Å². The summed E-state index contributed by atoms with van der Waals surface area (Å²) in [7, 11) is -3.64. The molecular formula is C14H13BrClNO2S. The molecule has 6 heteroatoms. The lowest BCUT2D eigenvalue weighted by molar-refractivity contribution is 0.600. The van der Waals surface area contributed by atoms with Crippen molar-refractivity contribution in [3.05, 3.63) is 57.0 Å². The molecule has 0 aliphatic rings. The predicted molar refractivity (Wildman–Crippen MR) is 85.9 cm³/mol. The number of hydrogen-bond donors (Lipinski definition) is 1. The minimum absolute atomic E-state index is 0.259. The summed E-state index contributed by atoms with van der Waals surface area (Å²) in [5.74, 6) is 0. The van der Waals surface area contributed by atoms with Crippen LogP contribution in [0.2, 0.25) is 5.02 Å². The van der Waals surface area contributed by atoms with Gasteiger partial charge in [-0.3, -0.25) is 4.72 Å². The molecule has 0 amide bonds. The Morgan fingerprint density at radius 3 is 2.45 bits per heavy atom. The number of sulfonamides is 1. The van der Waals surface area contributed by atoms with Crippen LogP contribution in [0.5, 0.6) is 0 Å². The first-order chi connectivity index (χ1) is 9.29. The van der Waals surface area contributed by atoms with Crippen molar-refractivity contribution in [3.63, 3.8) is 0 Å². The first-order valence-electron chi connectivity index (χ1n) is 5.85. The van der Waals surface area contributed by atoms with Crippen LogP contribution in [0.25, 0.3) is 0 Å². The lowest BCUT2D eigenvalue weighted by atomic mass is 10.2. The third-order valence-electron chi connectivity index (χ3n) is 2.79. The van der Waals surface area contributed by atoms with Crippen molar-refractivity contribution < 1.29 is 8.42 Å². The average molecular weight is 375 g/mol. The fraction of sp³-hybridized carbons (Fsp3) is 0.143. The van der Waals surface area contributed by atoms with Crippen LogP contribution in [0.3, 0.4) is 0 Å². The Labute approximate surface area is 132 Å². The van der Waals surface area contributed by atoms with Crippen molar-refractivity contribution in [2.75, 3.05) is 4.72 Å². The average Bonchev–Trinajstić information content (AvgIpc) is 2.33. The van der Waals surface area contributed by atoms with Crippen molar-refractivity contribution in [3.8, 4) is 0 Å². The first kappa shape index (κ1) is 15.4. The van der Waals surface area contributed by atoms with Gasteiger partial charge in [0.25, 0.3) is 10.0 Å². The van der Waals surface area contributed by atoms with Gasteiger partial charge < -0.3 is 0 Å². The van der Waals surface area contributed by atoms with Crippen LogP contribution in [-0.2, 0) is 10.0 Å². The van der Waals surface area contributed by atoms with E-state index in [0.29, 0.717) is 20.7 Å². The molecule has 106 valence electrons. The maximum absolute atomic E-state index is 12.4. The van der Waals surface area contributed by atoms with Gasteiger partial charge in [-0.25, -0.2) is 8.42 Å². The monoisotopic (exact) mass is 373 g/mol. The summed E-state index contributed by atoms with van der Waals surface area (Å²) in [5.41, 5.74) is 2.14. The molecule has 0 aliphatic carbocycles. The second-order valence-corrected chi connectivity index (χ2v) is 7.44. The summed E-state index contributed by atoms with van der Waals surface area (Å²) in [6, 6.07) is 10.1. The molecule has 0 unspecified atom stereocenters. The normalized spacial score (nSPS) is 11.4. The summed E-state index contributed by atoms with van der Waals surface area (Å²) in [4.78, 5) is 0.259. The van der Waals surface area contributed by atoms with E-state index in [-0.39, 0.29) is 4.90 Å². The molecule has 0 saturated carbocycles. The molecule has 0 bridgehead atoms. The highest BCUT2D eigenvalue weighted by Crippen LogP contribution is 2.28. The van der Waals surface area contributed by atoms with Gasteiger partial charge in [0.15, 0.2) is 0 Å². The fourth-order valence-electron chi connectivity index (χ4n) is 1.88. The van der Waals surface area contributed by atoms with Crippen molar-refractivity contribution in [1.29, 1.82) is 0 Å². The topological polar surface area (TPSA) is 46.2 Å². The molecule has 0 heterocycles. The highest BCUT2D eigenvalue weighted by Gasteiger charge is 2.18. The third kappa shape index (κ3) is 3.34. The van der Waals surface area contributed by atoms with Crippen LogP contribution in [0.1, 0.15) is 11.1 Å². The number of rotatable bonds is 3. The van der Waals surface area contributed by atoms with E-state index < -0.39 is 10.0 Å². The van der Waals surface area contributed by atoms with Crippen LogP contribution in [-0.4, -0.2) is 8.42 Å². The van der Waals surface area contributed by atoms with E-state index >= 15 is 0 Å². The van der Waals surface area contributed by atoms with Crippen LogP contribution in [0.15, 0.2) is 45.8 Å². The third-order valence-corrected chi connectivity index (χ3v) is 5.25. The quantitative estimate of drug-likeness (QED) is 0.858. The molecule has 2 rings (SSSR count). The Bertz CT molecular complexity index is 760. The largest absolute Gasteiger partial charge is 0.278 e. The maximum atomic E-state index is 12.4. The zero-order chi connectivity index (χ0) is 14.9. The Balaban J connectivity index is 2.43. The molecule has 20 heavy (non-hydrogen) atoms. The number of nitrogens with one attached hydrogen (secondary N) is 1. The number of hydrogen-bond acceptors (Lipinski definition) is 2. The van der Waals surface area contributed by atoms with E-state index in [1.54, 1.807) is 37.3 Å². The minimum atomic E-state index is -3.64. The lowest BCUT2D eigenvalue weighted by Gasteiger charge is -2.12. The molecule has 0 aromatic heterocycles. The van der Waals surface area contributed by atoms with Gasteiger partial charge in [0, 0.05) is 9.50 Å². The van der Waals surface area contributed by atoms with Crippen molar-refractivity contribution >= 4 is 43.2 Å². The van der Waals surface area contributed by atoms with Crippen LogP contribution in [0.4, 0.5) is 5.69 Å². The van der Waals surface area contributed by atoms with Crippen LogP contribution in [0, 0.1) is 13.8 Å². The summed E-state index contributed by atoms with van der Waals surface area (Å²) in [5, 5.41) is 0.464. The van der Waals surface area contributed by atoms with Gasteiger partial charge in [-0.05, 0) is 59.6 Å². The number of aryl methyl sites for hydroxylation is 2. The summed E-state index contributed by atoms with van der Waals surface area (Å²) in [6.45, 7) is 3.69.